The zero-order valence-corrected chi connectivity index (χ0v) is 17.7. The predicted molar refractivity (Wildman–Crippen MR) is 123 cm³/mol. The SMILES string of the molecule is O=C(OCc1ccc(OCc2ccccn2)cc1)c1cnn2c(-c3ccccc3)ccnc12. The number of nitrogens with zero attached hydrogens (tertiary/aromatic N) is 4. The lowest BCUT2D eigenvalue weighted by molar-refractivity contribution is 0.0474. The highest BCUT2D eigenvalue weighted by molar-refractivity contribution is 5.95. The molecular formula is C26H20N4O3. The van der Waals surface area contributed by atoms with Crippen molar-refractivity contribution in [2.24, 2.45) is 0 Å². The van der Waals surface area contributed by atoms with Crippen LogP contribution in [0.4, 0.5) is 0 Å². The van der Waals surface area contributed by atoms with Gasteiger partial charge in [0, 0.05) is 18.0 Å². The fourth-order valence-corrected chi connectivity index (χ4v) is 3.41. The van der Waals surface area contributed by atoms with Gasteiger partial charge in [-0.15, -0.1) is 0 Å². The fourth-order valence-electron chi connectivity index (χ4n) is 3.41. The molecule has 0 aliphatic rings. The number of ether oxygens (including phenoxy) is 2. The van der Waals surface area contributed by atoms with Crippen molar-refractivity contribution < 1.29 is 14.3 Å². The monoisotopic (exact) mass is 436 g/mol. The second kappa shape index (κ2) is 9.32. The van der Waals surface area contributed by atoms with E-state index in [0.717, 1.165) is 28.3 Å². The van der Waals surface area contributed by atoms with Gasteiger partial charge in [-0.3, -0.25) is 4.98 Å². The fraction of sp³-hybridized carbons (Fsp3) is 0.0769. The Morgan fingerprint density at radius 3 is 2.42 bits per heavy atom. The van der Waals surface area contributed by atoms with Crippen molar-refractivity contribution in [3.05, 3.63) is 114 Å². The van der Waals surface area contributed by atoms with Gasteiger partial charge in [0.15, 0.2) is 5.65 Å². The van der Waals surface area contributed by atoms with Gasteiger partial charge in [0.2, 0.25) is 0 Å². The lowest BCUT2D eigenvalue weighted by atomic mass is 10.1. The molecule has 0 fully saturated rings. The highest BCUT2D eigenvalue weighted by Crippen LogP contribution is 2.21. The molecule has 0 saturated carbocycles. The van der Waals surface area contributed by atoms with Gasteiger partial charge < -0.3 is 9.47 Å². The number of carbonyl (C=O) groups is 1. The maximum atomic E-state index is 12.7. The summed E-state index contributed by atoms with van der Waals surface area (Å²) in [5, 5.41) is 4.36. The Labute approximate surface area is 190 Å². The summed E-state index contributed by atoms with van der Waals surface area (Å²) in [6.45, 7) is 0.525. The van der Waals surface area contributed by atoms with Crippen LogP contribution in [0.25, 0.3) is 16.9 Å². The minimum absolute atomic E-state index is 0.134. The Kier molecular flexibility index (Phi) is 5.75. The molecule has 5 aromatic rings. The number of benzene rings is 2. The van der Waals surface area contributed by atoms with Crippen molar-refractivity contribution in [1.82, 2.24) is 19.6 Å². The van der Waals surface area contributed by atoms with E-state index in [9.17, 15) is 4.79 Å². The molecule has 0 aliphatic carbocycles. The molecule has 7 heteroatoms. The van der Waals surface area contributed by atoms with Crippen molar-refractivity contribution in [1.29, 1.82) is 0 Å². The number of rotatable bonds is 7. The van der Waals surface area contributed by atoms with Crippen molar-refractivity contribution in [3.8, 4) is 17.0 Å². The average Bonchev–Trinajstić information content (AvgIpc) is 3.32. The summed E-state index contributed by atoms with van der Waals surface area (Å²) in [5.74, 6) is 0.245. The average molecular weight is 436 g/mol. The lowest BCUT2D eigenvalue weighted by Crippen LogP contribution is -2.06. The van der Waals surface area contributed by atoms with Gasteiger partial charge in [0.25, 0.3) is 0 Å². The molecule has 0 amide bonds. The Balaban J connectivity index is 1.24. The highest BCUT2D eigenvalue weighted by Gasteiger charge is 2.17. The number of aromatic nitrogens is 4. The largest absolute Gasteiger partial charge is 0.487 e. The van der Waals surface area contributed by atoms with Crippen LogP contribution in [-0.2, 0) is 18.0 Å². The van der Waals surface area contributed by atoms with Crippen LogP contribution in [0.1, 0.15) is 21.6 Å². The maximum Gasteiger partial charge on any atom is 0.343 e. The van der Waals surface area contributed by atoms with Crippen LogP contribution in [0.2, 0.25) is 0 Å². The van der Waals surface area contributed by atoms with E-state index in [1.54, 1.807) is 16.9 Å². The van der Waals surface area contributed by atoms with Gasteiger partial charge in [0.1, 0.15) is 24.5 Å². The molecule has 0 spiro atoms. The van der Waals surface area contributed by atoms with Crippen molar-refractivity contribution in [2.45, 2.75) is 13.2 Å². The second-order valence-electron chi connectivity index (χ2n) is 7.32. The molecule has 0 bridgehead atoms. The van der Waals surface area contributed by atoms with Gasteiger partial charge in [-0.1, -0.05) is 48.5 Å². The Bertz CT molecular complexity index is 1370. The van der Waals surface area contributed by atoms with E-state index in [4.69, 9.17) is 9.47 Å². The zero-order chi connectivity index (χ0) is 22.5. The number of fused-ring (bicyclic) bond motifs is 1. The number of hydrogen-bond acceptors (Lipinski definition) is 6. The molecule has 3 heterocycles. The van der Waals surface area contributed by atoms with E-state index in [1.807, 2.05) is 78.9 Å². The summed E-state index contributed by atoms with van der Waals surface area (Å²) in [5.41, 5.74) is 4.32. The topological polar surface area (TPSA) is 78.6 Å². The van der Waals surface area contributed by atoms with Crippen molar-refractivity contribution in [3.63, 3.8) is 0 Å². The van der Waals surface area contributed by atoms with E-state index in [0.29, 0.717) is 17.8 Å². The van der Waals surface area contributed by atoms with Crippen molar-refractivity contribution >= 4 is 11.6 Å². The number of carbonyl (C=O) groups excluding carboxylic acids is 1. The van der Waals surface area contributed by atoms with Crippen LogP contribution >= 0.6 is 0 Å². The molecule has 0 unspecified atom stereocenters. The third kappa shape index (κ3) is 4.57. The first-order chi connectivity index (χ1) is 16.3. The highest BCUT2D eigenvalue weighted by atomic mass is 16.5. The Hall–Kier alpha value is -4.52. The molecule has 0 aliphatic heterocycles. The Morgan fingerprint density at radius 1 is 0.818 bits per heavy atom. The molecule has 2 aromatic carbocycles. The van der Waals surface area contributed by atoms with Crippen LogP contribution in [0.3, 0.4) is 0 Å². The third-order valence-corrected chi connectivity index (χ3v) is 5.10. The first-order valence-corrected chi connectivity index (χ1v) is 10.4. The van der Waals surface area contributed by atoms with E-state index in [1.165, 1.54) is 6.20 Å². The van der Waals surface area contributed by atoms with Crippen LogP contribution in [0.5, 0.6) is 5.75 Å². The molecule has 0 N–H and O–H groups in total. The first kappa shape index (κ1) is 20.4. The van der Waals surface area contributed by atoms with Gasteiger partial charge in [-0.25, -0.2) is 14.3 Å². The minimum Gasteiger partial charge on any atom is -0.487 e. The van der Waals surface area contributed by atoms with Gasteiger partial charge in [-0.2, -0.15) is 5.10 Å². The predicted octanol–water partition coefficient (Wildman–Crippen LogP) is 4.73. The third-order valence-electron chi connectivity index (χ3n) is 5.10. The van der Waals surface area contributed by atoms with Crippen LogP contribution in [-0.4, -0.2) is 25.6 Å². The summed E-state index contributed by atoms with van der Waals surface area (Å²) in [4.78, 5) is 21.3. The minimum atomic E-state index is -0.474. The molecule has 33 heavy (non-hydrogen) atoms. The standard InChI is InChI=1S/C26H20N4O3/c31-26(23-16-29-30-24(13-15-28-25(23)30)20-6-2-1-3-7-20)33-17-19-9-11-22(12-10-19)32-18-21-8-4-5-14-27-21/h1-16H,17-18H2. The van der Waals surface area contributed by atoms with Crippen LogP contribution in [0.15, 0.2) is 97.5 Å². The van der Waals surface area contributed by atoms with Gasteiger partial charge in [-0.05, 0) is 35.9 Å². The van der Waals surface area contributed by atoms with Crippen LogP contribution < -0.4 is 4.74 Å². The molecule has 3 aromatic heterocycles. The number of pyridine rings is 1. The van der Waals surface area contributed by atoms with E-state index < -0.39 is 5.97 Å². The molecule has 162 valence electrons. The Morgan fingerprint density at radius 2 is 1.64 bits per heavy atom. The van der Waals surface area contributed by atoms with Crippen molar-refractivity contribution in [2.75, 3.05) is 0 Å². The quantitative estimate of drug-likeness (QED) is 0.343. The van der Waals surface area contributed by atoms with E-state index in [-0.39, 0.29) is 6.61 Å². The van der Waals surface area contributed by atoms with Crippen LogP contribution in [0, 0.1) is 0 Å². The van der Waals surface area contributed by atoms with E-state index >= 15 is 0 Å². The lowest BCUT2D eigenvalue weighted by Gasteiger charge is -2.08. The molecule has 5 rings (SSSR count). The van der Waals surface area contributed by atoms with Gasteiger partial charge >= 0.3 is 5.97 Å². The molecule has 0 atom stereocenters. The molecular weight excluding hydrogens is 416 g/mol. The molecule has 0 radical (unpaired) electrons. The summed E-state index contributed by atoms with van der Waals surface area (Å²) in [7, 11) is 0. The smallest absolute Gasteiger partial charge is 0.343 e. The summed E-state index contributed by atoms with van der Waals surface area (Å²) < 4.78 is 12.9. The summed E-state index contributed by atoms with van der Waals surface area (Å²) in [6, 6.07) is 24.8. The first-order valence-electron chi connectivity index (χ1n) is 10.4. The maximum absolute atomic E-state index is 12.7. The number of esters is 1. The van der Waals surface area contributed by atoms with E-state index in [2.05, 4.69) is 15.1 Å². The molecule has 0 saturated heterocycles. The second-order valence-corrected chi connectivity index (χ2v) is 7.32. The van der Waals surface area contributed by atoms with Gasteiger partial charge in [0.05, 0.1) is 17.6 Å². The normalized spacial score (nSPS) is 10.8. The zero-order valence-electron chi connectivity index (χ0n) is 17.7. The molecule has 7 nitrogen and oxygen atoms in total. The summed E-state index contributed by atoms with van der Waals surface area (Å²) >= 11 is 0. The number of hydrogen-bond donors (Lipinski definition) is 0. The summed E-state index contributed by atoms with van der Waals surface area (Å²) in [6.07, 6.45) is 4.89.